The molecule has 1 aromatic carbocycles. The van der Waals surface area contributed by atoms with Gasteiger partial charge in [0.15, 0.2) is 5.82 Å². The quantitative estimate of drug-likeness (QED) is 0.864. The number of halogens is 2. The van der Waals surface area contributed by atoms with Crippen molar-refractivity contribution in [3.8, 4) is 0 Å². The van der Waals surface area contributed by atoms with Gasteiger partial charge in [-0.3, -0.25) is 4.79 Å². The average Bonchev–Trinajstić information content (AvgIpc) is 2.44. The number of hydrogen-bond acceptors (Lipinski definition) is 3. The van der Waals surface area contributed by atoms with Crippen molar-refractivity contribution in [2.24, 2.45) is 5.92 Å². The van der Waals surface area contributed by atoms with Crippen molar-refractivity contribution >= 4 is 11.6 Å². The van der Waals surface area contributed by atoms with Gasteiger partial charge in [-0.1, -0.05) is 0 Å². The van der Waals surface area contributed by atoms with Crippen LogP contribution in [0, 0.1) is 17.6 Å². The maximum Gasteiger partial charge on any atom is 0.259 e. The highest BCUT2D eigenvalue weighted by molar-refractivity contribution is 5.95. The molecule has 0 bridgehead atoms. The van der Waals surface area contributed by atoms with Crippen molar-refractivity contribution in [3.63, 3.8) is 0 Å². The van der Waals surface area contributed by atoms with E-state index in [0.717, 1.165) is 25.0 Å². The fourth-order valence-electron chi connectivity index (χ4n) is 2.35. The van der Waals surface area contributed by atoms with E-state index in [2.05, 4.69) is 0 Å². The van der Waals surface area contributed by atoms with E-state index in [4.69, 9.17) is 10.5 Å². The van der Waals surface area contributed by atoms with Crippen molar-refractivity contribution < 1.29 is 18.3 Å². The molecule has 1 saturated heterocycles. The topological polar surface area (TPSA) is 55.6 Å². The minimum atomic E-state index is -0.992. The highest BCUT2D eigenvalue weighted by atomic mass is 19.1. The standard InChI is InChI=1S/C14H18F2N2O2/c1-18(8-9-4-6-20-7-5-9)14(19)12-10(15)2-3-11(17)13(12)16/h2-3,9H,4-8,17H2,1H3. The van der Waals surface area contributed by atoms with Gasteiger partial charge < -0.3 is 15.4 Å². The summed E-state index contributed by atoms with van der Waals surface area (Å²) in [5.41, 5.74) is 4.57. The van der Waals surface area contributed by atoms with E-state index in [-0.39, 0.29) is 5.69 Å². The van der Waals surface area contributed by atoms with E-state index in [0.29, 0.717) is 25.7 Å². The summed E-state index contributed by atoms with van der Waals surface area (Å²) >= 11 is 0. The summed E-state index contributed by atoms with van der Waals surface area (Å²) in [5.74, 6) is -2.27. The van der Waals surface area contributed by atoms with Crippen LogP contribution in [0.25, 0.3) is 0 Å². The number of ether oxygens (including phenoxy) is 1. The largest absolute Gasteiger partial charge is 0.396 e. The monoisotopic (exact) mass is 284 g/mol. The molecular weight excluding hydrogens is 266 g/mol. The molecule has 1 aromatic rings. The zero-order chi connectivity index (χ0) is 14.7. The van der Waals surface area contributed by atoms with Crippen LogP contribution in [-0.4, -0.2) is 37.6 Å². The second-order valence-corrected chi connectivity index (χ2v) is 5.07. The van der Waals surface area contributed by atoms with Crippen LogP contribution in [0.5, 0.6) is 0 Å². The van der Waals surface area contributed by atoms with Crippen LogP contribution in [-0.2, 0) is 4.74 Å². The number of nitrogen functional groups attached to an aromatic ring is 1. The number of carbonyl (C=O) groups excluding carboxylic acids is 1. The first-order chi connectivity index (χ1) is 9.50. The van der Waals surface area contributed by atoms with Crippen molar-refractivity contribution in [1.82, 2.24) is 4.90 Å². The van der Waals surface area contributed by atoms with Gasteiger partial charge in [0.1, 0.15) is 11.4 Å². The smallest absolute Gasteiger partial charge is 0.259 e. The lowest BCUT2D eigenvalue weighted by Gasteiger charge is -2.27. The molecule has 0 aromatic heterocycles. The molecule has 1 fully saturated rings. The van der Waals surface area contributed by atoms with Crippen molar-refractivity contribution in [2.75, 3.05) is 32.5 Å². The molecule has 1 aliphatic heterocycles. The second-order valence-electron chi connectivity index (χ2n) is 5.07. The third-order valence-corrected chi connectivity index (χ3v) is 3.55. The molecule has 110 valence electrons. The Bertz CT molecular complexity index is 502. The molecule has 2 N–H and O–H groups in total. The summed E-state index contributed by atoms with van der Waals surface area (Å²) in [4.78, 5) is 13.5. The second kappa shape index (κ2) is 6.17. The molecule has 0 unspecified atom stereocenters. The minimum Gasteiger partial charge on any atom is -0.396 e. The Labute approximate surface area is 116 Å². The molecule has 4 nitrogen and oxygen atoms in total. The Morgan fingerprint density at radius 2 is 2.05 bits per heavy atom. The molecule has 1 heterocycles. The minimum absolute atomic E-state index is 0.228. The molecule has 1 aliphatic rings. The fourth-order valence-corrected chi connectivity index (χ4v) is 2.35. The summed E-state index contributed by atoms with van der Waals surface area (Å²) in [6, 6.07) is 2.12. The molecule has 1 amide bonds. The summed E-state index contributed by atoms with van der Waals surface area (Å²) < 4.78 is 32.7. The van der Waals surface area contributed by atoms with E-state index in [1.807, 2.05) is 0 Å². The van der Waals surface area contributed by atoms with E-state index < -0.39 is 23.1 Å². The van der Waals surface area contributed by atoms with Crippen LogP contribution in [0.3, 0.4) is 0 Å². The molecule has 6 heteroatoms. The summed E-state index contributed by atoms with van der Waals surface area (Å²) in [6.07, 6.45) is 1.69. The number of amides is 1. The number of nitrogens with two attached hydrogens (primary N) is 1. The van der Waals surface area contributed by atoms with Gasteiger partial charge in [-0.2, -0.15) is 0 Å². The van der Waals surface area contributed by atoms with Crippen LogP contribution < -0.4 is 5.73 Å². The van der Waals surface area contributed by atoms with Gasteiger partial charge in [0, 0.05) is 26.8 Å². The van der Waals surface area contributed by atoms with E-state index in [1.165, 1.54) is 4.90 Å². The Balaban J connectivity index is 2.12. The van der Waals surface area contributed by atoms with E-state index in [1.54, 1.807) is 7.05 Å². The lowest BCUT2D eigenvalue weighted by molar-refractivity contribution is 0.0493. The Morgan fingerprint density at radius 3 is 2.70 bits per heavy atom. The molecule has 2 rings (SSSR count). The average molecular weight is 284 g/mol. The first kappa shape index (κ1) is 14.7. The van der Waals surface area contributed by atoms with Crippen LogP contribution in [0.4, 0.5) is 14.5 Å². The normalized spacial score (nSPS) is 16.1. The Kier molecular flexibility index (Phi) is 4.54. The maximum atomic E-state index is 13.8. The third-order valence-electron chi connectivity index (χ3n) is 3.55. The Hall–Kier alpha value is -1.69. The van der Waals surface area contributed by atoms with Crippen LogP contribution in [0.2, 0.25) is 0 Å². The van der Waals surface area contributed by atoms with E-state index in [9.17, 15) is 13.6 Å². The van der Waals surface area contributed by atoms with Gasteiger partial charge >= 0.3 is 0 Å². The van der Waals surface area contributed by atoms with Crippen molar-refractivity contribution in [2.45, 2.75) is 12.8 Å². The summed E-state index contributed by atoms with van der Waals surface area (Å²) in [5, 5.41) is 0. The van der Waals surface area contributed by atoms with E-state index >= 15 is 0 Å². The van der Waals surface area contributed by atoms with Gasteiger partial charge in [0.25, 0.3) is 5.91 Å². The van der Waals surface area contributed by atoms with Gasteiger partial charge in [-0.25, -0.2) is 8.78 Å². The van der Waals surface area contributed by atoms with Crippen LogP contribution in [0.15, 0.2) is 12.1 Å². The van der Waals surface area contributed by atoms with Crippen LogP contribution >= 0.6 is 0 Å². The lowest BCUT2D eigenvalue weighted by atomic mass is 9.99. The SMILES string of the molecule is CN(CC1CCOCC1)C(=O)c1c(F)ccc(N)c1F. The molecule has 0 saturated carbocycles. The lowest BCUT2D eigenvalue weighted by Crippen LogP contribution is -2.35. The third kappa shape index (κ3) is 3.07. The predicted molar refractivity (Wildman–Crippen MR) is 71.3 cm³/mol. The van der Waals surface area contributed by atoms with Crippen molar-refractivity contribution in [1.29, 1.82) is 0 Å². The molecular formula is C14H18F2N2O2. The zero-order valence-electron chi connectivity index (χ0n) is 11.4. The van der Waals surface area contributed by atoms with Crippen LogP contribution in [0.1, 0.15) is 23.2 Å². The first-order valence-corrected chi connectivity index (χ1v) is 6.57. The van der Waals surface area contributed by atoms with Gasteiger partial charge in [0.05, 0.1) is 5.69 Å². The number of hydrogen-bond donors (Lipinski definition) is 1. The van der Waals surface area contributed by atoms with Crippen molar-refractivity contribution in [3.05, 3.63) is 29.3 Å². The number of nitrogens with zero attached hydrogens (tertiary/aromatic N) is 1. The number of carbonyl (C=O) groups is 1. The molecule has 0 aliphatic carbocycles. The fraction of sp³-hybridized carbons (Fsp3) is 0.500. The maximum absolute atomic E-state index is 13.8. The zero-order valence-corrected chi connectivity index (χ0v) is 11.4. The molecule has 0 radical (unpaired) electrons. The highest BCUT2D eigenvalue weighted by Crippen LogP contribution is 2.22. The Morgan fingerprint density at radius 1 is 1.40 bits per heavy atom. The number of benzene rings is 1. The first-order valence-electron chi connectivity index (χ1n) is 6.57. The summed E-state index contributed by atoms with van der Waals surface area (Å²) in [6.45, 7) is 1.78. The highest BCUT2D eigenvalue weighted by Gasteiger charge is 2.25. The number of rotatable bonds is 3. The van der Waals surface area contributed by atoms with Gasteiger partial charge in [-0.15, -0.1) is 0 Å². The summed E-state index contributed by atoms with van der Waals surface area (Å²) in [7, 11) is 1.54. The predicted octanol–water partition coefficient (Wildman–Crippen LogP) is 2.05. The number of anilines is 1. The molecule has 0 spiro atoms. The molecule has 0 atom stereocenters. The van der Waals surface area contributed by atoms with Gasteiger partial charge in [0.2, 0.25) is 0 Å². The molecule has 20 heavy (non-hydrogen) atoms. The van der Waals surface area contributed by atoms with Gasteiger partial charge in [-0.05, 0) is 30.9 Å².